The molecule has 1 aromatic rings. The van der Waals surface area contributed by atoms with Gasteiger partial charge in [0.2, 0.25) is 0 Å². The molecule has 0 aliphatic heterocycles. The Kier molecular flexibility index (Phi) is 4.05. The van der Waals surface area contributed by atoms with Gasteiger partial charge < -0.3 is 5.73 Å². The molecule has 0 aromatic carbocycles. The number of hydrogen-bond donors (Lipinski definition) is 1. The maximum Gasteiger partial charge on any atom is 0.0621 e. The van der Waals surface area contributed by atoms with Crippen molar-refractivity contribution >= 4 is 11.6 Å². The van der Waals surface area contributed by atoms with Gasteiger partial charge in [0.05, 0.1) is 5.02 Å². The average molecular weight is 253 g/mol. The fraction of sp³-hybridized carbons (Fsp3) is 0.643. The van der Waals surface area contributed by atoms with E-state index < -0.39 is 0 Å². The second kappa shape index (κ2) is 5.36. The second-order valence-corrected chi connectivity index (χ2v) is 5.96. The Bertz CT molecular complexity index is 380. The summed E-state index contributed by atoms with van der Waals surface area (Å²) in [5, 5.41) is 0.776. The van der Waals surface area contributed by atoms with Crippen LogP contribution in [0, 0.1) is 11.3 Å². The molecule has 2 N–H and O–H groups in total. The Balaban J connectivity index is 2.17. The van der Waals surface area contributed by atoms with E-state index in [2.05, 4.69) is 11.9 Å². The van der Waals surface area contributed by atoms with Gasteiger partial charge in [-0.15, -0.1) is 0 Å². The van der Waals surface area contributed by atoms with Crippen LogP contribution in [0.15, 0.2) is 18.5 Å². The van der Waals surface area contributed by atoms with Gasteiger partial charge in [0.15, 0.2) is 0 Å². The molecule has 2 atom stereocenters. The first-order chi connectivity index (χ1) is 8.15. The summed E-state index contributed by atoms with van der Waals surface area (Å²) in [6.45, 7) is 3.09. The highest BCUT2D eigenvalue weighted by Gasteiger charge is 2.34. The number of rotatable bonds is 3. The lowest BCUT2D eigenvalue weighted by molar-refractivity contribution is 0.154. The summed E-state index contributed by atoms with van der Waals surface area (Å²) < 4.78 is 0. The maximum atomic E-state index is 6.20. The Morgan fingerprint density at radius 2 is 2.41 bits per heavy atom. The van der Waals surface area contributed by atoms with Crippen LogP contribution in [-0.4, -0.2) is 11.5 Å². The van der Waals surface area contributed by atoms with Crippen LogP contribution in [0.3, 0.4) is 0 Å². The van der Waals surface area contributed by atoms with Crippen molar-refractivity contribution in [3.63, 3.8) is 0 Å². The zero-order chi connectivity index (χ0) is 12.3. The van der Waals surface area contributed by atoms with Crippen molar-refractivity contribution < 1.29 is 0 Å². The maximum absolute atomic E-state index is 6.20. The number of nitrogens with zero attached hydrogens (tertiary/aromatic N) is 1. The monoisotopic (exact) mass is 252 g/mol. The first-order valence-corrected chi connectivity index (χ1v) is 6.81. The molecule has 2 rings (SSSR count). The molecule has 0 radical (unpaired) electrons. The van der Waals surface area contributed by atoms with Crippen molar-refractivity contribution in [2.75, 3.05) is 6.54 Å². The van der Waals surface area contributed by atoms with E-state index in [4.69, 9.17) is 17.3 Å². The van der Waals surface area contributed by atoms with E-state index in [1.807, 2.05) is 12.3 Å². The molecule has 2 unspecified atom stereocenters. The SMILES string of the molecule is CC1CCCC(CN)(Cc2ccncc2Cl)C1. The van der Waals surface area contributed by atoms with Gasteiger partial charge in [-0.25, -0.2) is 0 Å². The minimum atomic E-state index is 0.253. The van der Waals surface area contributed by atoms with Crippen LogP contribution in [0.25, 0.3) is 0 Å². The third-order valence-corrected chi connectivity index (χ3v) is 4.38. The minimum absolute atomic E-state index is 0.253. The molecular weight excluding hydrogens is 232 g/mol. The van der Waals surface area contributed by atoms with E-state index in [0.717, 1.165) is 23.9 Å². The average Bonchev–Trinajstić information content (AvgIpc) is 2.32. The van der Waals surface area contributed by atoms with Crippen LogP contribution in [0.1, 0.15) is 38.2 Å². The topological polar surface area (TPSA) is 38.9 Å². The molecule has 0 amide bonds. The zero-order valence-corrected chi connectivity index (χ0v) is 11.2. The van der Waals surface area contributed by atoms with Gasteiger partial charge in [0.25, 0.3) is 0 Å². The van der Waals surface area contributed by atoms with Crippen LogP contribution in [0.2, 0.25) is 5.02 Å². The minimum Gasteiger partial charge on any atom is -0.330 e. The molecule has 94 valence electrons. The summed E-state index contributed by atoms with van der Waals surface area (Å²) in [5.74, 6) is 0.785. The van der Waals surface area contributed by atoms with E-state index in [-0.39, 0.29) is 5.41 Å². The molecule has 2 nitrogen and oxygen atoms in total. The Hall–Kier alpha value is -0.600. The largest absolute Gasteiger partial charge is 0.330 e. The van der Waals surface area contributed by atoms with Gasteiger partial charge in [0.1, 0.15) is 0 Å². The number of aromatic nitrogens is 1. The first kappa shape index (κ1) is 12.8. The normalized spacial score (nSPS) is 29.2. The Morgan fingerprint density at radius 3 is 3.06 bits per heavy atom. The Morgan fingerprint density at radius 1 is 1.59 bits per heavy atom. The summed E-state index contributed by atoms with van der Waals surface area (Å²) in [6, 6.07) is 2.03. The van der Waals surface area contributed by atoms with E-state index in [1.54, 1.807) is 6.20 Å². The number of halogens is 1. The molecule has 0 saturated heterocycles. The molecule has 0 spiro atoms. The Labute approximate surface area is 109 Å². The van der Waals surface area contributed by atoms with Crippen molar-refractivity contribution in [3.05, 3.63) is 29.0 Å². The molecule has 1 heterocycles. The molecule has 17 heavy (non-hydrogen) atoms. The number of pyridine rings is 1. The summed E-state index contributed by atoms with van der Waals surface area (Å²) in [6.07, 6.45) is 9.63. The summed E-state index contributed by atoms with van der Waals surface area (Å²) >= 11 is 6.20. The fourth-order valence-corrected chi connectivity index (χ4v) is 3.32. The molecule has 3 heteroatoms. The quantitative estimate of drug-likeness (QED) is 0.895. The van der Waals surface area contributed by atoms with Crippen LogP contribution in [0.5, 0.6) is 0 Å². The van der Waals surface area contributed by atoms with Crippen LogP contribution >= 0.6 is 11.6 Å². The van der Waals surface area contributed by atoms with Crippen LogP contribution < -0.4 is 5.73 Å². The molecule has 1 aromatic heterocycles. The molecule has 0 bridgehead atoms. The van der Waals surface area contributed by atoms with Gasteiger partial charge in [0, 0.05) is 12.4 Å². The molecule has 1 fully saturated rings. The van der Waals surface area contributed by atoms with E-state index in [0.29, 0.717) is 0 Å². The lowest BCUT2D eigenvalue weighted by atomic mass is 9.67. The van der Waals surface area contributed by atoms with E-state index >= 15 is 0 Å². The second-order valence-electron chi connectivity index (χ2n) is 5.55. The standard InChI is InChI=1S/C14H21ClN2/c1-11-3-2-5-14(7-11,10-16)8-12-4-6-17-9-13(12)15/h4,6,9,11H,2-3,5,7-8,10,16H2,1H3. The lowest BCUT2D eigenvalue weighted by Gasteiger charge is -2.39. The van der Waals surface area contributed by atoms with Crippen LogP contribution in [-0.2, 0) is 6.42 Å². The van der Waals surface area contributed by atoms with Gasteiger partial charge >= 0.3 is 0 Å². The molecule has 1 aliphatic rings. The number of nitrogens with two attached hydrogens (primary N) is 1. The predicted octanol–water partition coefficient (Wildman–Crippen LogP) is 3.43. The fourth-order valence-electron chi connectivity index (χ4n) is 3.14. The summed E-state index contributed by atoms with van der Waals surface area (Å²) in [7, 11) is 0. The van der Waals surface area contributed by atoms with Crippen molar-refractivity contribution in [3.8, 4) is 0 Å². The summed E-state index contributed by atoms with van der Waals surface area (Å²) in [4.78, 5) is 4.04. The molecular formula is C14H21ClN2. The van der Waals surface area contributed by atoms with Gasteiger partial charge in [-0.3, -0.25) is 4.98 Å². The third kappa shape index (κ3) is 2.99. The van der Waals surface area contributed by atoms with Crippen LogP contribution in [0.4, 0.5) is 0 Å². The smallest absolute Gasteiger partial charge is 0.0621 e. The summed E-state index contributed by atoms with van der Waals surface area (Å²) in [5.41, 5.74) is 7.49. The van der Waals surface area contributed by atoms with Gasteiger partial charge in [-0.2, -0.15) is 0 Å². The number of hydrogen-bond acceptors (Lipinski definition) is 2. The molecule has 1 aliphatic carbocycles. The van der Waals surface area contributed by atoms with E-state index in [1.165, 1.54) is 31.2 Å². The van der Waals surface area contributed by atoms with Crippen molar-refractivity contribution in [1.82, 2.24) is 4.98 Å². The highest BCUT2D eigenvalue weighted by atomic mass is 35.5. The van der Waals surface area contributed by atoms with Crippen molar-refractivity contribution in [2.24, 2.45) is 17.1 Å². The lowest BCUT2D eigenvalue weighted by Crippen LogP contribution is -2.37. The van der Waals surface area contributed by atoms with E-state index in [9.17, 15) is 0 Å². The highest BCUT2D eigenvalue weighted by molar-refractivity contribution is 6.31. The van der Waals surface area contributed by atoms with Crippen molar-refractivity contribution in [1.29, 1.82) is 0 Å². The van der Waals surface area contributed by atoms with Crippen molar-refractivity contribution in [2.45, 2.75) is 39.0 Å². The third-order valence-electron chi connectivity index (χ3n) is 4.04. The first-order valence-electron chi connectivity index (χ1n) is 6.44. The zero-order valence-electron chi connectivity index (χ0n) is 10.5. The van der Waals surface area contributed by atoms with Gasteiger partial charge in [-0.1, -0.05) is 31.4 Å². The predicted molar refractivity (Wildman–Crippen MR) is 72.1 cm³/mol. The highest BCUT2D eigenvalue weighted by Crippen LogP contribution is 2.41. The van der Waals surface area contributed by atoms with Gasteiger partial charge in [-0.05, 0) is 48.8 Å². The molecule has 1 saturated carbocycles.